The molecule has 1 unspecified atom stereocenters. The first kappa shape index (κ1) is 16.3. The number of halogens is 2. The van der Waals surface area contributed by atoms with Crippen LogP contribution < -0.4 is 4.74 Å². The van der Waals surface area contributed by atoms with E-state index in [-0.39, 0.29) is 0 Å². The molecule has 0 bridgehead atoms. The van der Waals surface area contributed by atoms with Gasteiger partial charge in [0.05, 0.1) is 7.11 Å². The lowest BCUT2D eigenvalue weighted by molar-refractivity contribution is 0.213. The van der Waals surface area contributed by atoms with Crippen molar-refractivity contribution in [2.75, 3.05) is 7.11 Å². The zero-order valence-corrected chi connectivity index (χ0v) is 14.8. The van der Waals surface area contributed by atoms with Crippen molar-refractivity contribution in [3.05, 3.63) is 61.6 Å². The Bertz CT molecular complexity index is 663. The van der Waals surface area contributed by atoms with Gasteiger partial charge in [-0.05, 0) is 61.2 Å². The third kappa shape index (κ3) is 3.25. The molecular weight excluding hydrogens is 352 g/mol. The lowest BCUT2D eigenvalue weighted by Crippen LogP contribution is -2.07. The van der Waals surface area contributed by atoms with Gasteiger partial charge in [-0.15, -0.1) is 0 Å². The molecule has 0 saturated heterocycles. The Morgan fingerprint density at radius 3 is 2.38 bits per heavy atom. The van der Waals surface area contributed by atoms with Crippen LogP contribution in [0.3, 0.4) is 0 Å². The lowest BCUT2D eigenvalue weighted by atomic mass is 9.93. The molecule has 1 N–H and O–H groups in total. The number of benzene rings is 2. The van der Waals surface area contributed by atoms with Gasteiger partial charge in [0.15, 0.2) is 0 Å². The molecule has 2 rings (SSSR count). The van der Waals surface area contributed by atoms with Crippen LogP contribution in [0.5, 0.6) is 5.75 Å². The summed E-state index contributed by atoms with van der Waals surface area (Å²) in [5, 5.41) is 11.4. The highest BCUT2D eigenvalue weighted by Gasteiger charge is 2.22. The zero-order chi connectivity index (χ0) is 15.7. The van der Waals surface area contributed by atoms with E-state index in [1.54, 1.807) is 13.2 Å². The average Bonchev–Trinajstić information content (AvgIpc) is 2.40. The fourth-order valence-electron chi connectivity index (χ4n) is 2.56. The summed E-state index contributed by atoms with van der Waals surface area (Å²) < 4.78 is 6.45. The van der Waals surface area contributed by atoms with Gasteiger partial charge < -0.3 is 9.84 Å². The Balaban J connectivity index is 2.64. The van der Waals surface area contributed by atoms with E-state index in [9.17, 15) is 5.11 Å². The third-order valence-corrected chi connectivity index (χ3v) is 4.61. The van der Waals surface area contributed by atoms with Crippen LogP contribution in [0.25, 0.3) is 0 Å². The number of hydrogen-bond donors (Lipinski definition) is 1. The fourth-order valence-corrected chi connectivity index (χ4v) is 3.42. The second-order valence-corrected chi connectivity index (χ2v) is 6.50. The number of hydrogen-bond acceptors (Lipinski definition) is 2. The molecule has 0 amide bonds. The van der Waals surface area contributed by atoms with Gasteiger partial charge >= 0.3 is 0 Å². The summed E-state index contributed by atoms with van der Waals surface area (Å²) in [6.45, 7) is 5.88. The Hall–Kier alpha value is -1.03. The van der Waals surface area contributed by atoms with Gasteiger partial charge in [-0.1, -0.05) is 33.6 Å². The molecule has 2 nitrogen and oxygen atoms in total. The van der Waals surface area contributed by atoms with Gasteiger partial charge in [0, 0.05) is 15.1 Å². The minimum atomic E-state index is -0.784. The number of aliphatic hydroxyl groups is 1. The first-order chi connectivity index (χ1) is 9.85. The van der Waals surface area contributed by atoms with Crippen molar-refractivity contribution in [1.82, 2.24) is 0 Å². The van der Waals surface area contributed by atoms with E-state index in [1.807, 2.05) is 39.0 Å². The number of ether oxygens (including phenoxy) is 1. The molecular formula is C17H18BrClO2. The number of aliphatic hydroxyl groups excluding tert-OH is 1. The molecule has 2 aromatic rings. The minimum Gasteiger partial charge on any atom is -0.496 e. The molecule has 0 aliphatic carbocycles. The molecule has 0 saturated carbocycles. The van der Waals surface area contributed by atoms with E-state index in [2.05, 4.69) is 15.9 Å². The smallest absolute Gasteiger partial charge is 0.128 e. The van der Waals surface area contributed by atoms with Crippen LogP contribution in [0, 0.1) is 20.8 Å². The van der Waals surface area contributed by atoms with Crippen LogP contribution in [-0.4, -0.2) is 12.2 Å². The predicted molar refractivity (Wildman–Crippen MR) is 90.4 cm³/mol. The highest BCUT2D eigenvalue weighted by molar-refractivity contribution is 9.10. The maximum absolute atomic E-state index is 10.8. The molecule has 21 heavy (non-hydrogen) atoms. The predicted octanol–water partition coefficient (Wildman–Crippen LogP) is 5.12. The summed E-state index contributed by atoms with van der Waals surface area (Å²) in [7, 11) is 1.62. The van der Waals surface area contributed by atoms with Crippen LogP contribution in [0.4, 0.5) is 0 Å². The number of rotatable bonds is 3. The quantitative estimate of drug-likeness (QED) is 0.814. The van der Waals surface area contributed by atoms with Gasteiger partial charge in [-0.3, -0.25) is 0 Å². The SMILES string of the molecule is COc1c(C)cc(Br)c(C)c1C(O)c1cc(C)cc(Cl)c1. The second kappa shape index (κ2) is 6.39. The van der Waals surface area contributed by atoms with E-state index in [1.165, 1.54) is 0 Å². The van der Waals surface area contributed by atoms with Crippen LogP contribution in [0.1, 0.15) is 33.9 Å². The second-order valence-electron chi connectivity index (χ2n) is 5.21. The average molecular weight is 370 g/mol. The summed E-state index contributed by atoms with van der Waals surface area (Å²) in [5.41, 5.74) is 4.48. The van der Waals surface area contributed by atoms with Gasteiger partial charge in [0.1, 0.15) is 11.9 Å². The first-order valence-electron chi connectivity index (χ1n) is 6.64. The van der Waals surface area contributed by atoms with Gasteiger partial charge in [0.2, 0.25) is 0 Å². The van der Waals surface area contributed by atoms with Crippen molar-refractivity contribution in [3.63, 3.8) is 0 Å². The lowest BCUT2D eigenvalue weighted by Gasteiger charge is -2.21. The maximum Gasteiger partial charge on any atom is 0.128 e. The van der Waals surface area contributed by atoms with E-state index in [4.69, 9.17) is 16.3 Å². The number of methoxy groups -OCH3 is 1. The van der Waals surface area contributed by atoms with Crippen molar-refractivity contribution >= 4 is 27.5 Å². The van der Waals surface area contributed by atoms with Crippen molar-refractivity contribution in [3.8, 4) is 5.75 Å². The molecule has 0 radical (unpaired) electrons. The molecule has 0 aliphatic rings. The van der Waals surface area contributed by atoms with Gasteiger partial charge in [-0.25, -0.2) is 0 Å². The molecule has 0 heterocycles. The van der Waals surface area contributed by atoms with Gasteiger partial charge in [-0.2, -0.15) is 0 Å². The largest absolute Gasteiger partial charge is 0.496 e. The summed E-state index contributed by atoms with van der Waals surface area (Å²) in [5.74, 6) is 0.709. The molecule has 112 valence electrons. The van der Waals surface area contributed by atoms with Crippen LogP contribution in [0.2, 0.25) is 5.02 Å². The summed E-state index contributed by atoms with van der Waals surface area (Å²) >= 11 is 9.64. The highest BCUT2D eigenvalue weighted by atomic mass is 79.9. The van der Waals surface area contributed by atoms with Crippen molar-refractivity contribution in [1.29, 1.82) is 0 Å². The Morgan fingerprint density at radius 1 is 1.14 bits per heavy atom. The van der Waals surface area contributed by atoms with E-state index in [0.29, 0.717) is 10.8 Å². The summed E-state index contributed by atoms with van der Waals surface area (Å²) in [4.78, 5) is 0. The monoisotopic (exact) mass is 368 g/mol. The van der Waals surface area contributed by atoms with Crippen LogP contribution in [0.15, 0.2) is 28.7 Å². The van der Waals surface area contributed by atoms with Crippen molar-refractivity contribution < 1.29 is 9.84 Å². The van der Waals surface area contributed by atoms with Crippen molar-refractivity contribution in [2.24, 2.45) is 0 Å². The molecule has 0 aliphatic heterocycles. The standard InChI is InChI=1S/C17H18BrClO2/c1-9-5-12(8-13(19)6-9)16(20)15-11(3)14(18)7-10(2)17(15)21-4/h5-8,16,20H,1-4H3. The van der Waals surface area contributed by atoms with E-state index >= 15 is 0 Å². The summed E-state index contributed by atoms with van der Waals surface area (Å²) in [6.07, 6.45) is -0.784. The topological polar surface area (TPSA) is 29.5 Å². The molecule has 0 fully saturated rings. The molecule has 0 spiro atoms. The van der Waals surface area contributed by atoms with Gasteiger partial charge in [0.25, 0.3) is 0 Å². The van der Waals surface area contributed by atoms with E-state index < -0.39 is 6.10 Å². The van der Waals surface area contributed by atoms with Crippen molar-refractivity contribution in [2.45, 2.75) is 26.9 Å². The van der Waals surface area contributed by atoms with Crippen LogP contribution >= 0.6 is 27.5 Å². The zero-order valence-electron chi connectivity index (χ0n) is 12.5. The molecule has 1 atom stereocenters. The fraction of sp³-hybridized carbons (Fsp3) is 0.294. The number of aryl methyl sites for hydroxylation is 2. The normalized spacial score (nSPS) is 12.3. The highest BCUT2D eigenvalue weighted by Crippen LogP contribution is 2.39. The Morgan fingerprint density at radius 2 is 1.81 bits per heavy atom. The molecule has 0 aromatic heterocycles. The Kier molecular flexibility index (Phi) is 4.97. The summed E-state index contributed by atoms with van der Waals surface area (Å²) in [6, 6.07) is 7.58. The van der Waals surface area contributed by atoms with Crippen LogP contribution in [-0.2, 0) is 0 Å². The maximum atomic E-state index is 10.8. The minimum absolute atomic E-state index is 0.618. The Labute approximate surface area is 138 Å². The molecule has 4 heteroatoms. The first-order valence-corrected chi connectivity index (χ1v) is 7.81. The molecule has 2 aromatic carbocycles. The third-order valence-electron chi connectivity index (χ3n) is 3.57. The van der Waals surface area contributed by atoms with E-state index in [0.717, 1.165) is 32.3 Å².